The van der Waals surface area contributed by atoms with E-state index < -0.39 is 0 Å². The lowest BCUT2D eigenvalue weighted by molar-refractivity contribution is 0.208. The van der Waals surface area contributed by atoms with E-state index in [-0.39, 0.29) is 6.03 Å². The molecule has 8 nitrogen and oxygen atoms in total. The van der Waals surface area contributed by atoms with Gasteiger partial charge in [0.05, 0.1) is 0 Å². The van der Waals surface area contributed by atoms with Gasteiger partial charge >= 0.3 is 6.03 Å². The number of pyridine rings is 1. The van der Waals surface area contributed by atoms with Gasteiger partial charge in [-0.15, -0.1) is 0 Å². The minimum atomic E-state index is -0.0733. The highest BCUT2D eigenvalue weighted by Crippen LogP contribution is 2.19. The van der Waals surface area contributed by atoms with E-state index in [2.05, 4.69) is 30.5 Å². The topological polar surface area (TPSA) is 86.3 Å². The number of benzene rings is 1. The molecule has 2 N–H and O–H groups in total. The van der Waals surface area contributed by atoms with Crippen LogP contribution in [0.2, 0.25) is 0 Å². The lowest BCUT2D eigenvalue weighted by Crippen LogP contribution is -2.50. The van der Waals surface area contributed by atoms with Crippen LogP contribution in [0.4, 0.5) is 27.9 Å². The van der Waals surface area contributed by atoms with Gasteiger partial charge in [0, 0.05) is 44.1 Å². The molecule has 0 aliphatic carbocycles. The van der Waals surface area contributed by atoms with E-state index in [0.717, 1.165) is 28.5 Å². The zero-order chi connectivity index (χ0) is 20.9. The number of rotatable bonds is 4. The number of amides is 2. The predicted molar refractivity (Wildman–Crippen MR) is 118 cm³/mol. The van der Waals surface area contributed by atoms with E-state index in [1.165, 1.54) is 0 Å². The fourth-order valence-electron chi connectivity index (χ4n) is 3.39. The minimum absolute atomic E-state index is 0.0733. The Morgan fingerprint density at radius 2 is 1.67 bits per heavy atom. The van der Waals surface area contributed by atoms with Gasteiger partial charge in [-0.25, -0.2) is 19.7 Å². The number of aromatic nitrogens is 3. The van der Waals surface area contributed by atoms with Crippen LogP contribution in [0.15, 0.2) is 55.0 Å². The quantitative estimate of drug-likeness (QED) is 0.692. The number of hydrogen-bond acceptors (Lipinski definition) is 6. The molecular weight excluding hydrogens is 378 g/mol. The molecule has 2 aromatic heterocycles. The van der Waals surface area contributed by atoms with Crippen molar-refractivity contribution in [3.8, 4) is 0 Å². The second kappa shape index (κ2) is 8.77. The first kappa shape index (κ1) is 19.6. The van der Waals surface area contributed by atoms with Crippen molar-refractivity contribution in [1.82, 2.24) is 19.9 Å². The Balaban J connectivity index is 1.35. The number of carbonyl (C=O) groups is 1. The molecule has 1 saturated heterocycles. The van der Waals surface area contributed by atoms with Crippen molar-refractivity contribution in [1.29, 1.82) is 0 Å². The third-order valence-electron chi connectivity index (χ3n) is 4.98. The van der Waals surface area contributed by atoms with Crippen molar-refractivity contribution >= 4 is 29.2 Å². The van der Waals surface area contributed by atoms with Crippen LogP contribution in [0.5, 0.6) is 0 Å². The van der Waals surface area contributed by atoms with Crippen molar-refractivity contribution in [3.63, 3.8) is 0 Å². The van der Waals surface area contributed by atoms with Gasteiger partial charge in [-0.3, -0.25) is 0 Å². The molecule has 30 heavy (non-hydrogen) atoms. The van der Waals surface area contributed by atoms with Crippen molar-refractivity contribution < 1.29 is 4.79 Å². The smallest absolute Gasteiger partial charge is 0.321 e. The highest BCUT2D eigenvalue weighted by Gasteiger charge is 2.22. The maximum Gasteiger partial charge on any atom is 0.321 e. The summed E-state index contributed by atoms with van der Waals surface area (Å²) in [5.41, 5.74) is 3.06. The summed E-state index contributed by atoms with van der Waals surface area (Å²) in [6.07, 6.45) is 3.31. The number of nitrogens with one attached hydrogen (secondary N) is 2. The third kappa shape index (κ3) is 4.83. The summed E-state index contributed by atoms with van der Waals surface area (Å²) in [6.45, 7) is 6.70. The van der Waals surface area contributed by atoms with Crippen LogP contribution in [0.1, 0.15) is 11.1 Å². The standard InChI is InChI=1S/C22H25N7O/c1-16-4-3-5-18(12-16)26-22(30)29-10-8-28(9-11-29)21-14-20(24-15-25-21)27-19-13-17(2)6-7-23-19/h3-7,12-15H,8-11H2,1-2H3,(H,26,30)(H,23,24,25,27). The fraction of sp³-hybridized carbons (Fsp3) is 0.273. The van der Waals surface area contributed by atoms with E-state index >= 15 is 0 Å². The van der Waals surface area contributed by atoms with Crippen LogP contribution in [0, 0.1) is 13.8 Å². The average Bonchev–Trinajstić information content (AvgIpc) is 2.74. The Hall–Kier alpha value is -3.68. The maximum absolute atomic E-state index is 12.6. The maximum atomic E-state index is 12.6. The zero-order valence-electron chi connectivity index (χ0n) is 17.2. The van der Waals surface area contributed by atoms with Crippen molar-refractivity contribution in [3.05, 3.63) is 66.1 Å². The Morgan fingerprint density at radius 3 is 2.43 bits per heavy atom. The van der Waals surface area contributed by atoms with Crippen LogP contribution in [-0.2, 0) is 0 Å². The van der Waals surface area contributed by atoms with E-state index in [0.29, 0.717) is 32.0 Å². The van der Waals surface area contributed by atoms with Gasteiger partial charge in [0.2, 0.25) is 0 Å². The number of piperazine rings is 1. The number of nitrogens with zero attached hydrogens (tertiary/aromatic N) is 5. The lowest BCUT2D eigenvalue weighted by atomic mass is 10.2. The van der Waals surface area contributed by atoms with Gasteiger partial charge in [0.15, 0.2) is 0 Å². The molecule has 3 aromatic rings. The van der Waals surface area contributed by atoms with Crippen LogP contribution >= 0.6 is 0 Å². The van der Waals surface area contributed by atoms with Gasteiger partial charge in [0.25, 0.3) is 0 Å². The SMILES string of the molecule is Cc1cccc(NC(=O)N2CCN(c3cc(Nc4cc(C)ccn4)ncn3)CC2)c1. The molecule has 1 aliphatic rings. The Bertz CT molecular complexity index is 1030. The van der Waals surface area contributed by atoms with Crippen LogP contribution in [0.25, 0.3) is 0 Å². The number of carbonyl (C=O) groups excluding carboxylic acids is 1. The molecule has 3 heterocycles. The Kier molecular flexibility index (Phi) is 5.74. The Morgan fingerprint density at radius 1 is 0.900 bits per heavy atom. The molecule has 4 rings (SSSR count). The van der Waals surface area contributed by atoms with E-state index in [1.54, 1.807) is 12.5 Å². The van der Waals surface area contributed by atoms with Gasteiger partial charge < -0.3 is 20.4 Å². The summed E-state index contributed by atoms with van der Waals surface area (Å²) in [7, 11) is 0. The predicted octanol–water partition coefficient (Wildman–Crippen LogP) is 3.59. The monoisotopic (exact) mass is 403 g/mol. The summed E-state index contributed by atoms with van der Waals surface area (Å²) in [5, 5.41) is 6.19. The first-order valence-electron chi connectivity index (χ1n) is 9.96. The second-order valence-corrected chi connectivity index (χ2v) is 7.38. The molecule has 0 bridgehead atoms. The molecule has 0 radical (unpaired) electrons. The zero-order valence-corrected chi connectivity index (χ0v) is 17.2. The van der Waals surface area contributed by atoms with E-state index in [1.807, 2.05) is 61.2 Å². The van der Waals surface area contributed by atoms with Crippen molar-refractivity contribution in [2.75, 3.05) is 41.7 Å². The molecule has 8 heteroatoms. The molecule has 2 amide bonds. The summed E-state index contributed by atoms with van der Waals surface area (Å²) >= 11 is 0. The van der Waals surface area contributed by atoms with Gasteiger partial charge in [-0.05, 0) is 49.2 Å². The molecule has 1 fully saturated rings. The molecule has 1 aromatic carbocycles. The number of hydrogen-bond donors (Lipinski definition) is 2. The second-order valence-electron chi connectivity index (χ2n) is 7.38. The number of anilines is 4. The first-order valence-corrected chi connectivity index (χ1v) is 9.96. The first-order chi connectivity index (χ1) is 14.6. The molecule has 1 aliphatic heterocycles. The van der Waals surface area contributed by atoms with Gasteiger partial charge in [0.1, 0.15) is 23.8 Å². The number of aryl methyl sites for hydroxylation is 2. The molecule has 0 saturated carbocycles. The summed E-state index contributed by atoms with van der Waals surface area (Å²) in [6, 6.07) is 13.6. The third-order valence-corrected chi connectivity index (χ3v) is 4.98. The van der Waals surface area contributed by atoms with Gasteiger partial charge in [-0.2, -0.15) is 0 Å². The highest BCUT2D eigenvalue weighted by atomic mass is 16.2. The Labute approximate surface area is 176 Å². The van der Waals surface area contributed by atoms with Crippen molar-refractivity contribution in [2.24, 2.45) is 0 Å². The van der Waals surface area contributed by atoms with Crippen molar-refractivity contribution in [2.45, 2.75) is 13.8 Å². The molecule has 154 valence electrons. The average molecular weight is 403 g/mol. The highest BCUT2D eigenvalue weighted by molar-refractivity contribution is 5.89. The van der Waals surface area contributed by atoms with Gasteiger partial charge in [-0.1, -0.05) is 12.1 Å². The van der Waals surface area contributed by atoms with Crippen LogP contribution in [0.3, 0.4) is 0 Å². The van der Waals surface area contributed by atoms with Crippen LogP contribution in [-0.4, -0.2) is 52.1 Å². The molecule has 0 atom stereocenters. The normalized spacial score (nSPS) is 13.8. The molecular formula is C22H25N7O. The van der Waals surface area contributed by atoms with E-state index in [4.69, 9.17) is 0 Å². The summed E-state index contributed by atoms with van der Waals surface area (Å²) in [4.78, 5) is 29.6. The lowest BCUT2D eigenvalue weighted by Gasteiger charge is -2.35. The van der Waals surface area contributed by atoms with E-state index in [9.17, 15) is 4.79 Å². The van der Waals surface area contributed by atoms with Crippen LogP contribution < -0.4 is 15.5 Å². The number of urea groups is 1. The minimum Gasteiger partial charge on any atom is -0.353 e. The summed E-state index contributed by atoms with van der Waals surface area (Å²) in [5.74, 6) is 2.27. The summed E-state index contributed by atoms with van der Waals surface area (Å²) < 4.78 is 0. The fourth-order valence-corrected chi connectivity index (χ4v) is 3.39. The largest absolute Gasteiger partial charge is 0.353 e. The molecule has 0 spiro atoms. The molecule has 0 unspecified atom stereocenters.